The first kappa shape index (κ1) is 15.5. The fourth-order valence-corrected chi connectivity index (χ4v) is 4.07. The van der Waals surface area contributed by atoms with E-state index in [1.54, 1.807) is 11.3 Å². The van der Waals surface area contributed by atoms with E-state index in [9.17, 15) is 0 Å². The Morgan fingerprint density at radius 2 is 1.58 bits per heavy atom. The molecule has 0 bridgehead atoms. The summed E-state index contributed by atoms with van der Waals surface area (Å²) in [6.45, 7) is 3.90. The molecular weight excluding hydrogens is 342 g/mol. The lowest BCUT2D eigenvalue weighted by Gasteiger charge is -2.35. The zero-order valence-corrected chi connectivity index (χ0v) is 14.7. The standard InChI is InChI=1S/C17H18ClN5S/c18-13-15-7-4-8-23(15)17-20-19-16(24-17)22-11-9-21(10-12-22)14-5-2-1-3-6-14/h1-8H,9-13H2. The van der Waals surface area contributed by atoms with E-state index < -0.39 is 0 Å². The Morgan fingerprint density at radius 1 is 0.875 bits per heavy atom. The number of piperazine rings is 1. The minimum absolute atomic E-state index is 0.470. The van der Waals surface area contributed by atoms with Gasteiger partial charge in [0.1, 0.15) is 0 Å². The highest BCUT2D eigenvalue weighted by molar-refractivity contribution is 7.17. The number of benzene rings is 1. The number of anilines is 2. The molecule has 124 valence electrons. The lowest BCUT2D eigenvalue weighted by molar-refractivity contribution is 0.649. The summed E-state index contributed by atoms with van der Waals surface area (Å²) >= 11 is 7.59. The van der Waals surface area contributed by atoms with Crippen LogP contribution >= 0.6 is 22.9 Å². The molecule has 0 aliphatic carbocycles. The van der Waals surface area contributed by atoms with E-state index >= 15 is 0 Å². The average Bonchev–Trinajstić information content (AvgIpc) is 3.31. The second-order valence-electron chi connectivity index (χ2n) is 5.68. The number of aromatic nitrogens is 3. The molecule has 24 heavy (non-hydrogen) atoms. The molecule has 0 spiro atoms. The molecule has 3 aromatic rings. The predicted molar refractivity (Wildman–Crippen MR) is 99.7 cm³/mol. The van der Waals surface area contributed by atoms with Crippen LogP contribution in [0.4, 0.5) is 10.8 Å². The Morgan fingerprint density at radius 3 is 2.33 bits per heavy atom. The minimum Gasteiger partial charge on any atom is -0.368 e. The van der Waals surface area contributed by atoms with Crippen LogP contribution in [0.3, 0.4) is 0 Å². The van der Waals surface area contributed by atoms with Crippen LogP contribution in [0.5, 0.6) is 0 Å². The van der Waals surface area contributed by atoms with Crippen molar-refractivity contribution < 1.29 is 0 Å². The Hall–Kier alpha value is -2.05. The first-order valence-corrected chi connectivity index (χ1v) is 9.31. The first-order valence-electron chi connectivity index (χ1n) is 7.96. The fraction of sp³-hybridized carbons (Fsp3) is 0.294. The number of nitrogens with zero attached hydrogens (tertiary/aromatic N) is 5. The van der Waals surface area contributed by atoms with Crippen LogP contribution in [0, 0.1) is 0 Å². The summed E-state index contributed by atoms with van der Waals surface area (Å²) in [5.74, 6) is 0.470. The van der Waals surface area contributed by atoms with Crippen LogP contribution in [0.25, 0.3) is 5.13 Å². The summed E-state index contributed by atoms with van der Waals surface area (Å²) in [7, 11) is 0. The Kier molecular flexibility index (Phi) is 4.40. The molecule has 1 aromatic carbocycles. The molecule has 1 fully saturated rings. The third-order valence-corrected chi connectivity index (χ3v) is 5.51. The zero-order valence-electron chi connectivity index (χ0n) is 13.2. The average molecular weight is 360 g/mol. The van der Waals surface area contributed by atoms with Gasteiger partial charge in [-0.2, -0.15) is 0 Å². The second kappa shape index (κ2) is 6.83. The van der Waals surface area contributed by atoms with Gasteiger partial charge >= 0.3 is 0 Å². The molecule has 3 heterocycles. The molecule has 0 saturated carbocycles. The number of rotatable bonds is 4. The second-order valence-corrected chi connectivity index (χ2v) is 6.88. The molecule has 0 amide bonds. The number of para-hydroxylation sites is 1. The van der Waals surface area contributed by atoms with Gasteiger partial charge in [0.2, 0.25) is 10.3 Å². The highest BCUT2D eigenvalue weighted by Crippen LogP contribution is 2.26. The van der Waals surface area contributed by atoms with Crippen molar-refractivity contribution >= 4 is 33.8 Å². The van der Waals surface area contributed by atoms with Crippen LogP contribution in [0.15, 0.2) is 48.7 Å². The lowest BCUT2D eigenvalue weighted by atomic mass is 10.2. The zero-order chi connectivity index (χ0) is 16.4. The molecule has 2 aromatic heterocycles. The van der Waals surface area contributed by atoms with E-state index in [4.69, 9.17) is 11.6 Å². The van der Waals surface area contributed by atoms with Gasteiger partial charge in [0.25, 0.3) is 0 Å². The van der Waals surface area contributed by atoms with Gasteiger partial charge < -0.3 is 9.80 Å². The van der Waals surface area contributed by atoms with E-state index in [0.717, 1.165) is 42.1 Å². The van der Waals surface area contributed by atoms with Crippen molar-refractivity contribution in [1.82, 2.24) is 14.8 Å². The monoisotopic (exact) mass is 359 g/mol. The van der Waals surface area contributed by atoms with Crippen molar-refractivity contribution in [3.8, 4) is 5.13 Å². The molecule has 1 saturated heterocycles. The van der Waals surface area contributed by atoms with Crippen LogP contribution in [-0.4, -0.2) is 40.9 Å². The molecule has 0 radical (unpaired) electrons. The Balaban J connectivity index is 1.45. The van der Waals surface area contributed by atoms with Crippen LogP contribution in [-0.2, 0) is 5.88 Å². The summed E-state index contributed by atoms with van der Waals surface area (Å²) in [6.07, 6.45) is 1.98. The molecule has 7 heteroatoms. The number of halogens is 1. The smallest absolute Gasteiger partial charge is 0.218 e. The highest BCUT2D eigenvalue weighted by atomic mass is 35.5. The van der Waals surface area contributed by atoms with Crippen molar-refractivity contribution in [2.75, 3.05) is 36.0 Å². The molecular formula is C17H18ClN5S. The quantitative estimate of drug-likeness (QED) is 0.669. The van der Waals surface area contributed by atoms with Crippen molar-refractivity contribution in [2.45, 2.75) is 5.88 Å². The van der Waals surface area contributed by atoms with Gasteiger partial charge in [-0.1, -0.05) is 29.5 Å². The van der Waals surface area contributed by atoms with Crippen molar-refractivity contribution in [3.05, 3.63) is 54.4 Å². The van der Waals surface area contributed by atoms with Gasteiger partial charge in [-0.3, -0.25) is 4.57 Å². The van der Waals surface area contributed by atoms with Gasteiger partial charge in [-0.15, -0.1) is 21.8 Å². The highest BCUT2D eigenvalue weighted by Gasteiger charge is 2.21. The fourth-order valence-electron chi connectivity index (χ4n) is 2.94. The van der Waals surface area contributed by atoms with Crippen LogP contribution < -0.4 is 9.80 Å². The molecule has 0 N–H and O–H groups in total. The van der Waals surface area contributed by atoms with Gasteiger partial charge in [0.05, 0.1) is 5.88 Å². The van der Waals surface area contributed by atoms with E-state index in [2.05, 4.69) is 50.3 Å². The van der Waals surface area contributed by atoms with E-state index in [1.807, 2.05) is 22.9 Å². The topological polar surface area (TPSA) is 37.2 Å². The molecule has 5 nitrogen and oxygen atoms in total. The SMILES string of the molecule is ClCc1cccn1-c1nnc(N2CCN(c3ccccc3)CC2)s1. The van der Waals surface area contributed by atoms with Gasteiger partial charge in [0, 0.05) is 43.8 Å². The summed E-state index contributed by atoms with van der Waals surface area (Å²) in [6, 6.07) is 14.6. The maximum Gasteiger partial charge on any atom is 0.218 e. The normalized spacial score (nSPS) is 15.0. The number of alkyl halides is 1. The largest absolute Gasteiger partial charge is 0.368 e. The maximum absolute atomic E-state index is 5.97. The van der Waals surface area contributed by atoms with Crippen molar-refractivity contribution in [1.29, 1.82) is 0 Å². The molecule has 0 unspecified atom stereocenters. The van der Waals surface area contributed by atoms with Crippen molar-refractivity contribution in [3.63, 3.8) is 0 Å². The van der Waals surface area contributed by atoms with E-state index in [0.29, 0.717) is 5.88 Å². The van der Waals surface area contributed by atoms with Gasteiger partial charge in [0.15, 0.2) is 0 Å². The summed E-state index contributed by atoms with van der Waals surface area (Å²) in [5.41, 5.74) is 2.32. The molecule has 0 atom stereocenters. The van der Waals surface area contributed by atoms with Crippen LogP contribution in [0.1, 0.15) is 5.69 Å². The minimum atomic E-state index is 0.470. The van der Waals surface area contributed by atoms with E-state index in [1.165, 1.54) is 5.69 Å². The van der Waals surface area contributed by atoms with Gasteiger partial charge in [-0.25, -0.2) is 0 Å². The third kappa shape index (κ3) is 2.99. The first-order chi connectivity index (χ1) is 11.8. The van der Waals surface area contributed by atoms with E-state index in [-0.39, 0.29) is 0 Å². The summed E-state index contributed by atoms with van der Waals surface area (Å²) in [4.78, 5) is 4.72. The Labute approximate surface area is 150 Å². The number of hydrogen-bond donors (Lipinski definition) is 0. The molecule has 1 aliphatic heterocycles. The van der Waals surface area contributed by atoms with Crippen LogP contribution in [0.2, 0.25) is 0 Å². The lowest BCUT2D eigenvalue weighted by Crippen LogP contribution is -2.46. The maximum atomic E-state index is 5.97. The summed E-state index contributed by atoms with van der Waals surface area (Å²) < 4.78 is 2.01. The summed E-state index contributed by atoms with van der Waals surface area (Å²) in [5, 5.41) is 10.6. The third-order valence-electron chi connectivity index (χ3n) is 4.25. The Bertz CT molecular complexity index is 792. The molecule has 4 rings (SSSR count). The molecule has 1 aliphatic rings. The van der Waals surface area contributed by atoms with Crippen molar-refractivity contribution in [2.24, 2.45) is 0 Å². The van der Waals surface area contributed by atoms with Gasteiger partial charge in [-0.05, 0) is 24.3 Å². The number of hydrogen-bond acceptors (Lipinski definition) is 5. The predicted octanol–water partition coefficient (Wildman–Crippen LogP) is 3.39.